The fourth-order valence-corrected chi connectivity index (χ4v) is 3.77. The van der Waals surface area contributed by atoms with Gasteiger partial charge in [-0.05, 0) is 38.4 Å². The number of halogens is 2. The summed E-state index contributed by atoms with van der Waals surface area (Å²) >= 11 is 12.2. The second kappa shape index (κ2) is 10.7. The molecule has 0 fully saturated rings. The molecule has 0 radical (unpaired) electrons. The lowest BCUT2D eigenvalue weighted by molar-refractivity contribution is -0.121. The number of amides is 1. The van der Waals surface area contributed by atoms with Crippen LogP contribution in [0.25, 0.3) is 11.3 Å². The Hall–Kier alpha value is -2.54. The molecule has 0 spiro atoms. The number of hydrogen-bond donors (Lipinski definition) is 1. The molecule has 8 heteroatoms. The number of carbonyl (C=O) groups excluding carboxylic acids is 1. The van der Waals surface area contributed by atoms with Crippen LogP contribution in [0.5, 0.6) is 5.75 Å². The van der Waals surface area contributed by atoms with Crippen molar-refractivity contribution in [2.45, 2.75) is 18.9 Å². The topological polar surface area (TPSA) is 67.6 Å². The average Bonchev–Trinajstić information content (AvgIpc) is 3.21. The predicted molar refractivity (Wildman–Crippen MR) is 123 cm³/mol. The third-order valence-corrected chi connectivity index (χ3v) is 5.48. The molecule has 0 saturated carbocycles. The number of methoxy groups -OCH3 is 1. The van der Waals surface area contributed by atoms with Crippen LogP contribution in [0, 0.1) is 0 Å². The summed E-state index contributed by atoms with van der Waals surface area (Å²) in [6.07, 6.45) is 2.25. The summed E-state index contributed by atoms with van der Waals surface area (Å²) in [5.41, 5.74) is 1.73. The first kappa shape index (κ1) is 23.1. The molecule has 2 aromatic carbocycles. The van der Waals surface area contributed by atoms with E-state index in [2.05, 4.69) is 10.3 Å². The molecular formula is C23H25Cl2N3O3. The highest BCUT2D eigenvalue weighted by molar-refractivity contribution is 6.36. The van der Waals surface area contributed by atoms with Gasteiger partial charge in [-0.3, -0.25) is 4.79 Å². The summed E-state index contributed by atoms with van der Waals surface area (Å²) in [6, 6.07) is 13.0. The molecule has 0 saturated heterocycles. The molecule has 3 aromatic rings. The van der Waals surface area contributed by atoms with Crippen molar-refractivity contribution in [3.8, 4) is 17.1 Å². The highest BCUT2D eigenvalue weighted by atomic mass is 35.5. The van der Waals surface area contributed by atoms with Crippen LogP contribution < -0.4 is 10.1 Å². The van der Waals surface area contributed by atoms with E-state index < -0.39 is 0 Å². The SMILES string of the molecule is COc1ccccc1C(CNC(=O)CCc1ncc(-c2ccc(Cl)cc2Cl)o1)N(C)C. The molecule has 1 N–H and O–H groups in total. The Balaban J connectivity index is 1.57. The molecule has 164 valence electrons. The quantitative estimate of drug-likeness (QED) is 0.484. The Kier molecular flexibility index (Phi) is 7.96. The van der Waals surface area contributed by atoms with Crippen molar-refractivity contribution in [2.75, 3.05) is 27.7 Å². The van der Waals surface area contributed by atoms with E-state index in [9.17, 15) is 4.79 Å². The Labute approximate surface area is 192 Å². The Morgan fingerprint density at radius 2 is 2.00 bits per heavy atom. The predicted octanol–water partition coefficient (Wildman–Crippen LogP) is 5.01. The van der Waals surface area contributed by atoms with Crippen molar-refractivity contribution in [3.05, 3.63) is 70.2 Å². The van der Waals surface area contributed by atoms with Crippen LogP contribution in [0.3, 0.4) is 0 Å². The number of aromatic nitrogens is 1. The van der Waals surface area contributed by atoms with E-state index >= 15 is 0 Å². The Morgan fingerprint density at radius 3 is 2.71 bits per heavy atom. The number of nitrogens with one attached hydrogen (secondary N) is 1. The van der Waals surface area contributed by atoms with E-state index in [0.29, 0.717) is 40.2 Å². The zero-order chi connectivity index (χ0) is 22.4. The van der Waals surface area contributed by atoms with Crippen LogP contribution in [-0.2, 0) is 11.2 Å². The number of rotatable bonds is 9. The van der Waals surface area contributed by atoms with Gasteiger partial charge in [0.15, 0.2) is 11.7 Å². The summed E-state index contributed by atoms with van der Waals surface area (Å²) in [5, 5.41) is 4.03. The molecule has 3 rings (SSSR count). The fourth-order valence-electron chi connectivity index (χ4n) is 3.27. The van der Waals surface area contributed by atoms with Crippen molar-refractivity contribution in [1.82, 2.24) is 15.2 Å². The summed E-state index contributed by atoms with van der Waals surface area (Å²) in [7, 11) is 5.59. The maximum Gasteiger partial charge on any atom is 0.220 e. The molecule has 1 amide bonds. The van der Waals surface area contributed by atoms with Gasteiger partial charge in [0, 0.05) is 35.5 Å². The molecule has 0 bridgehead atoms. The molecule has 1 atom stereocenters. The van der Waals surface area contributed by atoms with Gasteiger partial charge in [0.2, 0.25) is 5.91 Å². The van der Waals surface area contributed by atoms with Crippen LogP contribution in [-0.4, -0.2) is 43.5 Å². The van der Waals surface area contributed by atoms with E-state index in [4.69, 9.17) is 32.4 Å². The molecule has 31 heavy (non-hydrogen) atoms. The van der Waals surface area contributed by atoms with Gasteiger partial charge in [-0.15, -0.1) is 0 Å². The van der Waals surface area contributed by atoms with Crippen LogP contribution in [0.2, 0.25) is 10.0 Å². The Bertz CT molecular complexity index is 1040. The molecule has 0 aliphatic carbocycles. The zero-order valence-corrected chi connectivity index (χ0v) is 19.2. The van der Waals surface area contributed by atoms with Gasteiger partial charge in [-0.2, -0.15) is 0 Å². The molecule has 0 aliphatic heterocycles. The minimum Gasteiger partial charge on any atom is -0.496 e. The third-order valence-electron chi connectivity index (χ3n) is 4.93. The van der Waals surface area contributed by atoms with Gasteiger partial charge in [0.25, 0.3) is 0 Å². The summed E-state index contributed by atoms with van der Waals surface area (Å²) in [4.78, 5) is 18.7. The second-order valence-electron chi connectivity index (χ2n) is 7.27. The van der Waals surface area contributed by atoms with Crippen molar-refractivity contribution in [2.24, 2.45) is 0 Å². The first-order valence-electron chi connectivity index (χ1n) is 9.85. The maximum absolute atomic E-state index is 12.4. The molecule has 1 unspecified atom stereocenters. The lowest BCUT2D eigenvalue weighted by Crippen LogP contribution is -2.34. The van der Waals surface area contributed by atoms with E-state index in [1.807, 2.05) is 43.3 Å². The minimum absolute atomic E-state index is 0.0134. The molecule has 6 nitrogen and oxygen atoms in total. The lowest BCUT2D eigenvalue weighted by atomic mass is 10.0. The van der Waals surface area contributed by atoms with E-state index in [1.165, 1.54) is 0 Å². The average molecular weight is 462 g/mol. The van der Waals surface area contributed by atoms with Crippen LogP contribution in [0.15, 0.2) is 53.1 Å². The van der Waals surface area contributed by atoms with E-state index in [0.717, 1.165) is 11.3 Å². The number of aryl methyl sites for hydroxylation is 1. The van der Waals surface area contributed by atoms with Crippen molar-refractivity contribution in [1.29, 1.82) is 0 Å². The number of hydrogen-bond acceptors (Lipinski definition) is 5. The standard InChI is InChI=1S/C23H25Cl2N3O3/c1-28(2)19(17-6-4-5-7-20(17)30-3)13-26-22(29)10-11-23-27-14-21(31-23)16-9-8-15(24)12-18(16)25/h4-9,12,14,19H,10-11,13H2,1-3H3,(H,26,29). The number of nitrogens with zero attached hydrogens (tertiary/aromatic N) is 2. The first-order valence-corrected chi connectivity index (χ1v) is 10.6. The van der Waals surface area contributed by atoms with E-state index in [1.54, 1.807) is 31.5 Å². The van der Waals surface area contributed by atoms with Gasteiger partial charge < -0.3 is 19.4 Å². The number of para-hydroxylation sites is 1. The van der Waals surface area contributed by atoms with Crippen LogP contribution >= 0.6 is 23.2 Å². The van der Waals surface area contributed by atoms with Crippen molar-refractivity contribution >= 4 is 29.1 Å². The zero-order valence-electron chi connectivity index (χ0n) is 17.7. The highest BCUT2D eigenvalue weighted by Gasteiger charge is 2.19. The van der Waals surface area contributed by atoms with Gasteiger partial charge in [0.1, 0.15) is 5.75 Å². The van der Waals surface area contributed by atoms with Crippen LogP contribution in [0.4, 0.5) is 0 Å². The lowest BCUT2D eigenvalue weighted by Gasteiger charge is -2.26. The number of carbonyl (C=O) groups is 1. The molecule has 0 aliphatic rings. The van der Waals surface area contributed by atoms with Crippen molar-refractivity contribution in [3.63, 3.8) is 0 Å². The smallest absolute Gasteiger partial charge is 0.220 e. The van der Waals surface area contributed by atoms with Gasteiger partial charge in [-0.1, -0.05) is 41.4 Å². The van der Waals surface area contributed by atoms with E-state index in [-0.39, 0.29) is 18.4 Å². The van der Waals surface area contributed by atoms with Crippen molar-refractivity contribution < 1.29 is 13.9 Å². The van der Waals surface area contributed by atoms with Gasteiger partial charge >= 0.3 is 0 Å². The molecular weight excluding hydrogens is 437 g/mol. The largest absolute Gasteiger partial charge is 0.496 e. The number of oxazole rings is 1. The summed E-state index contributed by atoms with van der Waals surface area (Å²) < 4.78 is 11.2. The third kappa shape index (κ3) is 6.00. The second-order valence-corrected chi connectivity index (χ2v) is 8.11. The fraction of sp³-hybridized carbons (Fsp3) is 0.304. The summed E-state index contributed by atoms with van der Waals surface area (Å²) in [6.45, 7) is 0.462. The molecule has 1 heterocycles. The first-order chi connectivity index (χ1) is 14.9. The summed E-state index contributed by atoms with van der Waals surface area (Å²) in [5.74, 6) is 1.74. The monoisotopic (exact) mass is 461 g/mol. The number of likely N-dealkylation sites (N-methyl/N-ethyl adjacent to an activating group) is 1. The number of benzene rings is 2. The highest BCUT2D eigenvalue weighted by Crippen LogP contribution is 2.31. The minimum atomic E-state index is -0.0778. The number of ether oxygens (including phenoxy) is 1. The van der Waals surface area contributed by atoms with Gasteiger partial charge in [-0.25, -0.2) is 4.98 Å². The normalized spacial score (nSPS) is 12.1. The van der Waals surface area contributed by atoms with Crippen LogP contribution in [0.1, 0.15) is 23.9 Å². The Morgan fingerprint density at radius 1 is 1.23 bits per heavy atom. The maximum atomic E-state index is 12.4. The molecule has 1 aromatic heterocycles. The van der Waals surface area contributed by atoms with Gasteiger partial charge in [0.05, 0.1) is 24.4 Å².